The number of rotatable bonds is 2. The van der Waals surface area contributed by atoms with Gasteiger partial charge < -0.3 is 9.84 Å². The van der Waals surface area contributed by atoms with Crippen LogP contribution in [0.5, 0.6) is 17.5 Å². The van der Waals surface area contributed by atoms with E-state index in [1.807, 2.05) is 0 Å². The summed E-state index contributed by atoms with van der Waals surface area (Å²) in [6.45, 7) is 0. The van der Waals surface area contributed by atoms with Crippen molar-refractivity contribution in [3.63, 3.8) is 0 Å². The average molecular weight is 187 g/mol. The number of nitrogens with zero attached hydrogens (tertiary/aromatic N) is 2. The average Bonchev–Trinajstić information content (AvgIpc) is 2.23. The molecule has 0 aliphatic rings. The minimum Gasteiger partial charge on any atom is -0.508 e. The number of aromatic nitrogens is 2. The Morgan fingerprint density at radius 2 is 2.00 bits per heavy atom. The second-order valence-corrected chi connectivity index (χ2v) is 2.56. The van der Waals surface area contributed by atoms with Gasteiger partial charge >= 0.3 is 6.01 Å². The van der Waals surface area contributed by atoms with Crippen molar-refractivity contribution >= 4 is 0 Å². The van der Waals surface area contributed by atoms with Crippen LogP contribution in [-0.2, 0) is 0 Å². The van der Waals surface area contributed by atoms with Gasteiger partial charge in [-0.2, -0.15) is 4.98 Å². The fourth-order valence-electron chi connectivity index (χ4n) is 0.924. The van der Waals surface area contributed by atoms with E-state index in [1.54, 1.807) is 24.4 Å². The summed E-state index contributed by atoms with van der Waals surface area (Å²) in [4.78, 5) is 7.64. The van der Waals surface area contributed by atoms with Crippen molar-refractivity contribution in [1.82, 2.24) is 9.97 Å². The molecule has 1 radical (unpaired) electrons. The van der Waals surface area contributed by atoms with E-state index in [9.17, 15) is 0 Å². The molecule has 0 aliphatic heterocycles. The lowest BCUT2D eigenvalue weighted by atomic mass is 10.3. The van der Waals surface area contributed by atoms with Gasteiger partial charge in [0, 0.05) is 6.20 Å². The van der Waals surface area contributed by atoms with Crippen LogP contribution in [0.1, 0.15) is 0 Å². The minimum absolute atomic E-state index is 0.192. The van der Waals surface area contributed by atoms with Crippen molar-refractivity contribution in [3.8, 4) is 17.5 Å². The van der Waals surface area contributed by atoms with Gasteiger partial charge in [0.1, 0.15) is 11.5 Å². The summed E-state index contributed by atoms with van der Waals surface area (Å²) in [5.41, 5.74) is 0. The first-order chi connectivity index (χ1) is 6.84. The highest BCUT2D eigenvalue weighted by atomic mass is 16.5. The molecule has 0 spiro atoms. The Bertz CT molecular complexity index is 400. The predicted molar refractivity (Wildman–Crippen MR) is 49.0 cm³/mol. The number of aromatic hydroxyl groups is 1. The Labute approximate surface area is 80.8 Å². The van der Waals surface area contributed by atoms with Crippen LogP contribution in [-0.4, -0.2) is 15.1 Å². The number of hydrogen-bond acceptors (Lipinski definition) is 4. The second-order valence-electron chi connectivity index (χ2n) is 2.56. The molecule has 4 heteroatoms. The Hall–Kier alpha value is -2.10. The highest BCUT2D eigenvalue weighted by Crippen LogP contribution is 2.19. The predicted octanol–water partition coefficient (Wildman–Crippen LogP) is 1.77. The van der Waals surface area contributed by atoms with Crippen LogP contribution >= 0.6 is 0 Å². The van der Waals surface area contributed by atoms with Crippen LogP contribution in [0.15, 0.2) is 36.5 Å². The first-order valence-electron chi connectivity index (χ1n) is 4.00. The smallest absolute Gasteiger partial charge is 0.322 e. The van der Waals surface area contributed by atoms with Gasteiger partial charge in [-0.15, -0.1) is 0 Å². The lowest BCUT2D eigenvalue weighted by Crippen LogP contribution is -1.89. The van der Waals surface area contributed by atoms with Gasteiger partial charge in [-0.3, -0.25) is 0 Å². The van der Waals surface area contributed by atoms with Gasteiger partial charge in [0.05, 0.1) is 6.20 Å². The molecule has 1 aromatic carbocycles. The molecule has 2 aromatic rings. The van der Waals surface area contributed by atoms with Crippen molar-refractivity contribution in [2.75, 3.05) is 0 Å². The maximum absolute atomic E-state index is 9.03. The topological polar surface area (TPSA) is 55.2 Å². The zero-order chi connectivity index (χ0) is 9.80. The van der Waals surface area contributed by atoms with Crippen molar-refractivity contribution in [3.05, 3.63) is 42.7 Å². The van der Waals surface area contributed by atoms with Gasteiger partial charge in [-0.25, -0.2) is 4.98 Å². The molecular weight excluding hydrogens is 180 g/mol. The number of ether oxygens (including phenoxy) is 1. The Kier molecular flexibility index (Phi) is 2.27. The molecule has 69 valence electrons. The molecule has 1 aromatic heterocycles. The Balaban J connectivity index is 2.16. The fraction of sp³-hybridized carbons (Fsp3) is 0. The first kappa shape index (κ1) is 8.50. The normalized spacial score (nSPS) is 9.71. The van der Waals surface area contributed by atoms with Gasteiger partial charge in [-0.1, -0.05) is 0 Å². The molecule has 0 atom stereocenters. The molecule has 0 amide bonds. The molecule has 0 saturated heterocycles. The molecule has 2 rings (SSSR count). The van der Waals surface area contributed by atoms with Gasteiger partial charge in [0.2, 0.25) is 0 Å². The molecular formula is C10H7N2O2. The van der Waals surface area contributed by atoms with Crippen molar-refractivity contribution in [2.45, 2.75) is 0 Å². The lowest BCUT2D eigenvalue weighted by Gasteiger charge is -2.01. The number of phenolic OH excluding ortho intramolecular Hbond substituents is 1. The van der Waals surface area contributed by atoms with E-state index in [0.717, 1.165) is 0 Å². The summed E-state index contributed by atoms with van der Waals surface area (Å²) in [6.07, 6.45) is 4.15. The SMILES string of the molecule is Oc1ccc(Oc2n[c]ccn2)cc1. The monoisotopic (exact) mass is 187 g/mol. The molecule has 0 fully saturated rings. The summed E-state index contributed by atoms with van der Waals surface area (Å²) < 4.78 is 5.27. The quantitative estimate of drug-likeness (QED) is 0.778. The van der Waals surface area contributed by atoms with E-state index >= 15 is 0 Å². The molecule has 14 heavy (non-hydrogen) atoms. The van der Waals surface area contributed by atoms with Crippen LogP contribution in [0.4, 0.5) is 0 Å². The summed E-state index contributed by atoms with van der Waals surface area (Å²) >= 11 is 0. The maximum Gasteiger partial charge on any atom is 0.322 e. The van der Waals surface area contributed by atoms with Gasteiger partial charge in [0.25, 0.3) is 0 Å². The fourth-order valence-corrected chi connectivity index (χ4v) is 0.924. The van der Waals surface area contributed by atoms with Crippen LogP contribution in [0.25, 0.3) is 0 Å². The number of benzene rings is 1. The van der Waals surface area contributed by atoms with Crippen LogP contribution in [0.2, 0.25) is 0 Å². The van der Waals surface area contributed by atoms with Crippen LogP contribution in [0, 0.1) is 6.20 Å². The lowest BCUT2D eigenvalue weighted by molar-refractivity contribution is 0.437. The van der Waals surface area contributed by atoms with Gasteiger partial charge in [0.15, 0.2) is 0 Å². The maximum atomic E-state index is 9.03. The standard InChI is InChI=1S/C10H7N2O2/c13-8-2-4-9(5-3-8)14-10-11-6-1-7-12-10/h1-6,13H. The Morgan fingerprint density at radius 1 is 1.21 bits per heavy atom. The largest absolute Gasteiger partial charge is 0.508 e. The molecule has 0 aliphatic carbocycles. The first-order valence-corrected chi connectivity index (χ1v) is 4.00. The summed E-state index contributed by atoms with van der Waals surface area (Å²) in [5.74, 6) is 0.764. The second kappa shape index (κ2) is 3.74. The molecule has 1 heterocycles. The van der Waals surface area contributed by atoms with E-state index in [0.29, 0.717) is 5.75 Å². The molecule has 0 saturated carbocycles. The molecule has 0 bridgehead atoms. The van der Waals surface area contributed by atoms with Crippen LogP contribution in [0.3, 0.4) is 0 Å². The molecule has 4 nitrogen and oxygen atoms in total. The van der Waals surface area contributed by atoms with E-state index in [4.69, 9.17) is 9.84 Å². The molecule has 1 N–H and O–H groups in total. The van der Waals surface area contributed by atoms with Crippen molar-refractivity contribution < 1.29 is 9.84 Å². The van der Waals surface area contributed by atoms with E-state index in [-0.39, 0.29) is 11.8 Å². The summed E-state index contributed by atoms with van der Waals surface area (Å²) in [6, 6.07) is 8.14. The summed E-state index contributed by atoms with van der Waals surface area (Å²) in [5, 5.41) is 9.03. The van der Waals surface area contributed by atoms with E-state index in [2.05, 4.69) is 16.2 Å². The zero-order valence-electron chi connectivity index (χ0n) is 7.21. The number of hydrogen-bond donors (Lipinski definition) is 1. The van der Waals surface area contributed by atoms with Crippen LogP contribution < -0.4 is 4.74 Å². The zero-order valence-corrected chi connectivity index (χ0v) is 7.21. The third-order valence-electron chi connectivity index (χ3n) is 1.54. The van der Waals surface area contributed by atoms with E-state index in [1.165, 1.54) is 12.1 Å². The van der Waals surface area contributed by atoms with E-state index < -0.39 is 0 Å². The molecule has 0 unspecified atom stereocenters. The van der Waals surface area contributed by atoms with Crippen molar-refractivity contribution in [2.24, 2.45) is 0 Å². The third-order valence-corrected chi connectivity index (χ3v) is 1.54. The number of phenols is 1. The third kappa shape index (κ3) is 1.98. The Morgan fingerprint density at radius 3 is 2.64 bits per heavy atom. The highest BCUT2D eigenvalue weighted by Gasteiger charge is 1.98. The highest BCUT2D eigenvalue weighted by molar-refractivity contribution is 5.31. The van der Waals surface area contributed by atoms with Gasteiger partial charge in [-0.05, 0) is 30.3 Å². The summed E-state index contributed by atoms with van der Waals surface area (Å²) in [7, 11) is 0. The van der Waals surface area contributed by atoms with Crippen molar-refractivity contribution in [1.29, 1.82) is 0 Å². The minimum atomic E-state index is 0.192.